The third-order valence-electron chi connectivity index (χ3n) is 3.87. The Morgan fingerprint density at radius 2 is 1.74 bits per heavy atom. The number of benzene rings is 1. The monoisotopic (exact) mass is 261 g/mol. The van der Waals surface area contributed by atoms with E-state index in [1.807, 2.05) is 19.2 Å². The molecule has 0 N–H and O–H groups in total. The van der Waals surface area contributed by atoms with Gasteiger partial charge in [0.15, 0.2) is 5.78 Å². The van der Waals surface area contributed by atoms with Crippen LogP contribution in [-0.4, -0.2) is 30.3 Å². The lowest BCUT2D eigenvalue weighted by atomic mass is 10.0. The van der Waals surface area contributed by atoms with E-state index in [1.54, 1.807) is 0 Å². The molecule has 2 nitrogen and oxygen atoms in total. The van der Waals surface area contributed by atoms with Gasteiger partial charge in [0.2, 0.25) is 0 Å². The summed E-state index contributed by atoms with van der Waals surface area (Å²) in [4.78, 5) is 14.3. The Kier molecular flexibility index (Phi) is 6.23. The van der Waals surface area contributed by atoms with Crippen LogP contribution in [0.4, 0.5) is 0 Å². The summed E-state index contributed by atoms with van der Waals surface area (Å²) in [5.74, 6) is 0.766. The van der Waals surface area contributed by atoms with Gasteiger partial charge in [-0.15, -0.1) is 0 Å². The van der Waals surface area contributed by atoms with E-state index in [2.05, 4.69) is 44.7 Å². The van der Waals surface area contributed by atoms with E-state index in [0.29, 0.717) is 18.5 Å². The molecule has 1 rings (SSSR count). The number of nitrogens with zero attached hydrogens (tertiary/aromatic N) is 1. The fraction of sp³-hybridized carbons (Fsp3) is 0.588. The molecule has 0 aliphatic carbocycles. The minimum absolute atomic E-state index is 0.207. The predicted molar refractivity (Wildman–Crippen MR) is 81.7 cm³/mol. The summed E-state index contributed by atoms with van der Waals surface area (Å²) in [5, 5.41) is 0. The van der Waals surface area contributed by atoms with E-state index in [-0.39, 0.29) is 5.78 Å². The molecule has 0 aliphatic rings. The quantitative estimate of drug-likeness (QED) is 0.696. The van der Waals surface area contributed by atoms with E-state index in [1.165, 1.54) is 5.56 Å². The smallest absolute Gasteiger partial charge is 0.176 e. The molecule has 0 amide bonds. The number of aryl methyl sites for hydroxylation is 1. The van der Waals surface area contributed by atoms with Gasteiger partial charge in [-0.1, -0.05) is 51.5 Å². The molecule has 0 saturated carbocycles. The van der Waals surface area contributed by atoms with Crippen LogP contribution in [0.25, 0.3) is 0 Å². The average Bonchev–Trinajstić information content (AvgIpc) is 2.38. The van der Waals surface area contributed by atoms with E-state index < -0.39 is 0 Å². The molecule has 1 aromatic rings. The third kappa shape index (κ3) is 4.79. The van der Waals surface area contributed by atoms with Gasteiger partial charge in [-0.25, -0.2) is 0 Å². The molecule has 0 aromatic heterocycles. The summed E-state index contributed by atoms with van der Waals surface area (Å²) >= 11 is 0. The Morgan fingerprint density at radius 3 is 2.21 bits per heavy atom. The Labute approximate surface area is 117 Å². The number of hydrogen-bond donors (Lipinski definition) is 0. The molecule has 0 fully saturated rings. The van der Waals surface area contributed by atoms with Crippen molar-refractivity contribution in [2.45, 2.75) is 46.6 Å². The molecule has 1 aromatic carbocycles. The molecule has 2 heteroatoms. The second kappa shape index (κ2) is 7.44. The second-order valence-corrected chi connectivity index (χ2v) is 5.77. The summed E-state index contributed by atoms with van der Waals surface area (Å²) in [6, 6.07) is 8.48. The highest BCUT2D eigenvalue weighted by atomic mass is 16.1. The van der Waals surface area contributed by atoms with Crippen LogP contribution >= 0.6 is 0 Å². The number of Topliss-reactive ketones (excluding diaryl/α,β-unsaturated/α-hetero) is 1. The first-order valence-electron chi connectivity index (χ1n) is 7.28. The molecule has 0 bridgehead atoms. The van der Waals surface area contributed by atoms with Gasteiger partial charge >= 0.3 is 0 Å². The predicted octanol–water partition coefficient (Wildman–Crippen LogP) is 3.80. The van der Waals surface area contributed by atoms with Gasteiger partial charge in [-0.2, -0.15) is 0 Å². The van der Waals surface area contributed by atoms with Crippen molar-refractivity contribution in [1.82, 2.24) is 4.90 Å². The number of carbonyl (C=O) groups is 1. The van der Waals surface area contributed by atoms with Gasteiger partial charge in [0.1, 0.15) is 0 Å². The number of ketones is 1. The molecule has 106 valence electrons. The maximum Gasteiger partial charge on any atom is 0.176 e. The van der Waals surface area contributed by atoms with Crippen molar-refractivity contribution < 1.29 is 4.79 Å². The lowest BCUT2D eigenvalue weighted by Gasteiger charge is -2.27. The van der Waals surface area contributed by atoms with Crippen LogP contribution in [0.5, 0.6) is 0 Å². The van der Waals surface area contributed by atoms with Crippen LogP contribution in [0.1, 0.15) is 50.0 Å². The van der Waals surface area contributed by atoms with Crippen LogP contribution in [0.3, 0.4) is 0 Å². The van der Waals surface area contributed by atoms with Crippen molar-refractivity contribution in [3.05, 3.63) is 35.4 Å². The van der Waals surface area contributed by atoms with Crippen molar-refractivity contribution in [1.29, 1.82) is 0 Å². The van der Waals surface area contributed by atoms with Crippen molar-refractivity contribution in [3.8, 4) is 0 Å². The molecule has 0 aliphatic heterocycles. The van der Waals surface area contributed by atoms with Gasteiger partial charge in [0, 0.05) is 11.6 Å². The van der Waals surface area contributed by atoms with Crippen LogP contribution in [0.15, 0.2) is 24.3 Å². The Balaban J connectivity index is 2.62. The fourth-order valence-corrected chi connectivity index (χ4v) is 2.12. The first-order chi connectivity index (χ1) is 8.95. The normalized spacial score (nSPS) is 13.0. The maximum atomic E-state index is 12.2. The lowest BCUT2D eigenvalue weighted by Crippen LogP contribution is -2.37. The van der Waals surface area contributed by atoms with Crippen molar-refractivity contribution >= 4 is 5.78 Å². The molecule has 0 spiro atoms. The zero-order valence-corrected chi connectivity index (χ0v) is 12.9. The Morgan fingerprint density at radius 1 is 1.16 bits per heavy atom. The molecule has 1 unspecified atom stereocenters. The van der Waals surface area contributed by atoms with E-state index >= 15 is 0 Å². The largest absolute Gasteiger partial charge is 0.296 e. The molecule has 0 saturated heterocycles. The summed E-state index contributed by atoms with van der Waals surface area (Å²) < 4.78 is 0. The molecule has 0 heterocycles. The van der Waals surface area contributed by atoms with Crippen LogP contribution in [-0.2, 0) is 6.42 Å². The minimum atomic E-state index is 0.207. The fourth-order valence-electron chi connectivity index (χ4n) is 2.12. The van der Waals surface area contributed by atoms with Crippen LogP contribution in [0, 0.1) is 5.92 Å². The molecule has 1 atom stereocenters. The number of carbonyl (C=O) groups excluding carboxylic acids is 1. The Bertz CT molecular complexity index is 394. The molecular formula is C17H27NO. The zero-order chi connectivity index (χ0) is 14.4. The van der Waals surface area contributed by atoms with Gasteiger partial charge in [0.25, 0.3) is 0 Å². The summed E-state index contributed by atoms with van der Waals surface area (Å²) in [6.45, 7) is 9.20. The highest BCUT2D eigenvalue weighted by Crippen LogP contribution is 2.11. The molecular weight excluding hydrogens is 234 g/mol. The molecule has 0 radical (unpaired) electrons. The number of hydrogen-bond acceptors (Lipinski definition) is 2. The Hall–Kier alpha value is -1.15. The van der Waals surface area contributed by atoms with Crippen molar-refractivity contribution in [3.63, 3.8) is 0 Å². The van der Waals surface area contributed by atoms with Gasteiger partial charge in [-0.3, -0.25) is 9.69 Å². The maximum absolute atomic E-state index is 12.2. The summed E-state index contributed by atoms with van der Waals surface area (Å²) in [7, 11) is 2.02. The van der Waals surface area contributed by atoms with E-state index in [0.717, 1.165) is 18.4 Å². The van der Waals surface area contributed by atoms with Gasteiger partial charge < -0.3 is 0 Å². The first-order valence-corrected chi connectivity index (χ1v) is 7.28. The number of rotatable bonds is 7. The van der Waals surface area contributed by atoms with Crippen molar-refractivity contribution in [2.24, 2.45) is 5.92 Å². The first kappa shape index (κ1) is 15.9. The average molecular weight is 261 g/mol. The van der Waals surface area contributed by atoms with Crippen LogP contribution in [0.2, 0.25) is 0 Å². The zero-order valence-electron chi connectivity index (χ0n) is 12.9. The second-order valence-electron chi connectivity index (χ2n) is 5.77. The SMILES string of the molecule is CCCc1ccc(C(=O)CN(C)C(C)C(C)C)cc1. The highest BCUT2D eigenvalue weighted by molar-refractivity contribution is 5.97. The standard InChI is InChI=1S/C17H27NO/c1-6-7-15-8-10-16(11-9-15)17(19)12-18(5)14(4)13(2)3/h8-11,13-14H,6-7,12H2,1-5H3. The molecule has 19 heavy (non-hydrogen) atoms. The van der Waals surface area contributed by atoms with E-state index in [9.17, 15) is 4.79 Å². The third-order valence-corrected chi connectivity index (χ3v) is 3.87. The summed E-state index contributed by atoms with van der Waals surface area (Å²) in [6.07, 6.45) is 2.22. The van der Waals surface area contributed by atoms with Crippen molar-refractivity contribution in [2.75, 3.05) is 13.6 Å². The van der Waals surface area contributed by atoms with E-state index in [4.69, 9.17) is 0 Å². The topological polar surface area (TPSA) is 20.3 Å². The lowest BCUT2D eigenvalue weighted by molar-refractivity contribution is 0.0907. The van der Waals surface area contributed by atoms with Gasteiger partial charge in [-0.05, 0) is 31.9 Å². The highest BCUT2D eigenvalue weighted by Gasteiger charge is 2.16. The number of likely N-dealkylation sites (N-methyl/N-ethyl adjacent to an activating group) is 1. The summed E-state index contributed by atoms with van der Waals surface area (Å²) in [5.41, 5.74) is 2.13. The van der Waals surface area contributed by atoms with Crippen LogP contribution < -0.4 is 0 Å². The van der Waals surface area contributed by atoms with Gasteiger partial charge in [0.05, 0.1) is 6.54 Å². The minimum Gasteiger partial charge on any atom is -0.296 e.